The molecule has 1 amide bonds. The van der Waals surface area contributed by atoms with Crippen LogP contribution in [-0.2, 0) is 4.79 Å². The van der Waals surface area contributed by atoms with E-state index in [-0.39, 0.29) is 18.1 Å². The van der Waals surface area contributed by atoms with Gasteiger partial charge in [0.15, 0.2) is 0 Å². The van der Waals surface area contributed by atoms with E-state index in [1.54, 1.807) is 6.92 Å². The van der Waals surface area contributed by atoms with Crippen LogP contribution in [0.3, 0.4) is 0 Å². The van der Waals surface area contributed by atoms with Gasteiger partial charge in [-0.3, -0.25) is 4.79 Å². The zero-order chi connectivity index (χ0) is 12.0. The topological polar surface area (TPSA) is 80.0 Å². The first-order valence-electron chi connectivity index (χ1n) is 5.45. The molecule has 2 atom stereocenters. The Morgan fingerprint density at radius 2 is 2.38 bits per heavy atom. The predicted octanol–water partition coefficient (Wildman–Crippen LogP) is 0.116. The van der Waals surface area contributed by atoms with Crippen molar-refractivity contribution in [1.82, 2.24) is 20.1 Å². The number of nitrogens with one attached hydrogen (secondary N) is 1. The second kappa shape index (κ2) is 6.22. The summed E-state index contributed by atoms with van der Waals surface area (Å²) >= 11 is 0. The summed E-state index contributed by atoms with van der Waals surface area (Å²) in [6, 6.07) is -0.374. The summed E-state index contributed by atoms with van der Waals surface area (Å²) in [6.45, 7) is 4.14. The molecule has 6 heteroatoms. The van der Waals surface area contributed by atoms with Crippen LogP contribution in [0.5, 0.6) is 0 Å². The van der Waals surface area contributed by atoms with E-state index in [1.165, 1.54) is 17.3 Å². The van der Waals surface area contributed by atoms with E-state index in [0.29, 0.717) is 19.4 Å². The van der Waals surface area contributed by atoms with Crippen LogP contribution < -0.4 is 5.32 Å². The molecule has 90 valence electrons. The Hall–Kier alpha value is -1.43. The molecule has 1 heterocycles. The summed E-state index contributed by atoms with van der Waals surface area (Å²) in [5, 5.41) is 16.0. The number of carbonyl (C=O) groups is 1. The number of carbonyl (C=O) groups excluding carboxylic acids is 1. The zero-order valence-electron chi connectivity index (χ0n) is 9.63. The van der Waals surface area contributed by atoms with Crippen LogP contribution in [0.4, 0.5) is 0 Å². The van der Waals surface area contributed by atoms with Crippen LogP contribution in [-0.4, -0.2) is 38.4 Å². The Morgan fingerprint density at radius 3 is 2.94 bits per heavy atom. The summed E-state index contributed by atoms with van der Waals surface area (Å²) in [5.74, 6) is -0.117. The Kier molecular flexibility index (Phi) is 4.91. The number of aliphatic hydroxyl groups excluding tert-OH is 1. The standard InChI is InChI=1S/C10H18N4O2/c1-3-9(15)4-5-12-10(16)8(2)14-7-11-6-13-14/h6-9,15H,3-5H2,1-2H3,(H,12,16). The van der Waals surface area contributed by atoms with Crippen LogP contribution >= 0.6 is 0 Å². The molecule has 16 heavy (non-hydrogen) atoms. The van der Waals surface area contributed by atoms with Crippen molar-refractivity contribution in [1.29, 1.82) is 0 Å². The molecule has 0 bridgehead atoms. The smallest absolute Gasteiger partial charge is 0.244 e. The Labute approximate surface area is 94.7 Å². The molecule has 0 saturated carbocycles. The lowest BCUT2D eigenvalue weighted by atomic mass is 10.2. The molecule has 6 nitrogen and oxygen atoms in total. The van der Waals surface area contributed by atoms with Gasteiger partial charge in [-0.25, -0.2) is 9.67 Å². The lowest BCUT2D eigenvalue weighted by molar-refractivity contribution is -0.124. The van der Waals surface area contributed by atoms with E-state index >= 15 is 0 Å². The fourth-order valence-corrected chi connectivity index (χ4v) is 1.25. The maximum atomic E-state index is 11.6. The van der Waals surface area contributed by atoms with Gasteiger partial charge in [-0.05, 0) is 19.8 Å². The molecular weight excluding hydrogens is 208 g/mol. The fourth-order valence-electron chi connectivity index (χ4n) is 1.25. The third-order valence-corrected chi connectivity index (χ3v) is 2.46. The van der Waals surface area contributed by atoms with Gasteiger partial charge in [-0.2, -0.15) is 5.10 Å². The molecule has 0 saturated heterocycles. The second-order valence-corrected chi connectivity index (χ2v) is 3.69. The SMILES string of the molecule is CCC(O)CCNC(=O)C(C)n1cncn1. The number of aliphatic hydroxyl groups is 1. The molecule has 1 aromatic rings. The van der Waals surface area contributed by atoms with Crippen molar-refractivity contribution in [2.45, 2.75) is 38.8 Å². The van der Waals surface area contributed by atoms with Crippen LogP contribution in [0.1, 0.15) is 32.7 Å². The Morgan fingerprint density at radius 1 is 1.62 bits per heavy atom. The quantitative estimate of drug-likeness (QED) is 0.722. The molecule has 2 N–H and O–H groups in total. The van der Waals surface area contributed by atoms with Gasteiger partial charge in [0.05, 0.1) is 6.10 Å². The van der Waals surface area contributed by atoms with Crippen LogP contribution in [0.2, 0.25) is 0 Å². The summed E-state index contributed by atoms with van der Waals surface area (Å²) in [4.78, 5) is 15.4. The monoisotopic (exact) mass is 226 g/mol. The molecule has 1 rings (SSSR count). The number of aromatic nitrogens is 3. The largest absolute Gasteiger partial charge is 0.393 e. The summed E-state index contributed by atoms with van der Waals surface area (Å²) in [6.07, 6.45) is 3.83. The van der Waals surface area contributed by atoms with Gasteiger partial charge in [-0.1, -0.05) is 6.92 Å². The second-order valence-electron chi connectivity index (χ2n) is 3.69. The van der Waals surface area contributed by atoms with Crippen molar-refractivity contribution in [2.24, 2.45) is 0 Å². The maximum absolute atomic E-state index is 11.6. The number of hydrogen-bond acceptors (Lipinski definition) is 4. The number of nitrogens with zero attached hydrogens (tertiary/aromatic N) is 3. The van der Waals surface area contributed by atoms with E-state index in [1.807, 2.05) is 6.92 Å². The first kappa shape index (κ1) is 12.6. The predicted molar refractivity (Wildman–Crippen MR) is 58.7 cm³/mol. The minimum Gasteiger partial charge on any atom is -0.393 e. The highest BCUT2D eigenvalue weighted by Crippen LogP contribution is 2.02. The fraction of sp³-hybridized carbons (Fsp3) is 0.700. The van der Waals surface area contributed by atoms with E-state index in [0.717, 1.165) is 0 Å². The van der Waals surface area contributed by atoms with Crippen LogP contribution in [0.25, 0.3) is 0 Å². The van der Waals surface area contributed by atoms with Gasteiger partial charge in [0.2, 0.25) is 5.91 Å². The third-order valence-electron chi connectivity index (χ3n) is 2.46. The molecule has 0 radical (unpaired) electrons. The van der Waals surface area contributed by atoms with Crippen LogP contribution in [0, 0.1) is 0 Å². The third kappa shape index (κ3) is 3.62. The molecule has 0 aliphatic carbocycles. The summed E-state index contributed by atoms with van der Waals surface area (Å²) < 4.78 is 1.49. The minimum atomic E-state index is -0.374. The Balaban J connectivity index is 2.30. The molecule has 0 spiro atoms. The maximum Gasteiger partial charge on any atom is 0.244 e. The summed E-state index contributed by atoms with van der Waals surface area (Å²) in [5.41, 5.74) is 0. The van der Waals surface area contributed by atoms with Crippen molar-refractivity contribution in [3.63, 3.8) is 0 Å². The van der Waals surface area contributed by atoms with E-state index < -0.39 is 0 Å². The van der Waals surface area contributed by atoms with Gasteiger partial charge in [0.25, 0.3) is 0 Å². The highest BCUT2D eigenvalue weighted by molar-refractivity contribution is 5.79. The molecule has 0 aliphatic rings. The lowest BCUT2D eigenvalue weighted by Crippen LogP contribution is -2.33. The van der Waals surface area contributed by atoms with Gasteiger partial charge < -0.3 is 10.4 Å². The lowest BCUT2D eigenvalue weighted by Gasteiger charge is -2.13. The molecular formula is C10H18N4O2. The summed E-state index contributed by atoms with van der Waals surface area (Å²) in [7, 11) is 0. The minimum absolute atomic E-state index is 0.117. The highest BCUT2D eigenvalue weighted by atomic mass is 16.3. The zero-order valence-corrected chi connectivity index (χ0v) is 9.63. The van der Waals surface area contributed by atoms with Crippen molar-refractivity contribution in [3.8, 4) is 0 Å². The Bertz CT molecular complexity index is 313. The van der Waals surface area contributed by atoms with Gasteiger partial charge in [-0.15, -0.1) is 0 Å². The first-order valence-corrected chi connectivity index (χ1v) is 5.45. The van der Waals surface area contributed by atoms with E-state index in [9.17, 15) is 9.90 Å². The number of amides is 1. The van der Waals surface area contributed by atoms with Gasteiger partial charge in [0, 0.05) is 6.54 Å². The van der Waals surface area contributed by atoms with E-state index in [2.05, 4.69) is 15.4 Å². The normalized spacial score (nSPS) is 14.4. The molecule has 1 aromatic heterocycles. The molecule has 0 aliphatic heterocycles. The number of hydrogen-bond donors (Lipinski definition) is 2. The molecule has 2 unspecified atom stereocenters. The van der Waals surface area contributed by atoms with E-state index in [4.69, 9.17) is 0 Å². The van der Waals surface area contributed by atoms with Crippen LogP contribution in [0.15, 0.2) is 12.7 Å². The number of rotatable bonds is 6. The molecule has 0 fully saturated rings. The van der Waals surface area contributed by atoms with Crippen molar-refractivity contribution >= 4 is 5.91 Å². The van der Waals surface area contributed by atoms with Crippen molar-refractivity contribution in [3.05, 3.63) is 12.7 Å². The van der Waals surface area contributed by atoms with Gasteiger partial charge in [0.1, 0.15) is 18.7 Å². The average molecular weight is 226 g/mol. The molecule has 0 aromatic carbocycles. The average Bonchev–Trinajstić information content (AvgIpc) is 2.81. The first-order chi connectivity index (χ1) is 7.65. The van der Waals surface area contributed by atoms with Gasteiger partial charge >= 0.3 is 0 Å². The highest BCUT2D eigenvalue weighted by Gasteiger charge is 2.14. The van der Waals surface area contributed by atoms with Crippen molar-refractivity contribution in [2.75, 3.05) is 6.54 Å². The van der Waals surface area contributed by atoms with Crippen molar-refractivity contribution < 1.29 is 9.90 Å².